The fourth-order valence-electron chi connectivity index (χ4n) is 4.60. The number of carbonyl (C=O) groups is 1. The van der Waals surface area contributed by atoms with E-state index in [9.17, 15) is 13.6 Å². The molecule has 2 unspecified atom stereocenters. The van der Waals surface area contributed by atoms with Gasteiger partial charge in [-0.15, -0.1) is 0 Å². The Hall–Kier alpha value is -1.77. The van der Waals surface area contributed by atoms with Crippen LogP contribution in [0.4, 0.5) is 13.6 Å². The van der Waals surface area contributed by atoms with Crippen molar-refractivity contribution < 1.29 is 23.0 Å². The Morgan fingerprint density at radius 2 is 2.07 bits per heavy atom. The molecule has 3 fully saturated rings. The number of nitrogens with zero attached hydrogens (tertiary/aromatic N) is 2. The molecular formula is C20H27F2N3O3. The number of benzene rings is 1. The summed E-state index contributed by atoms with van der Waals surface area (Å²) in [7, 11) is 0. The van der Waals surface area contributed by atoms with Gasteiger partial charge in [0.25, 0.3) is 0 Å². The summed E-state index contributed by atoms with van der Waals surface area (Å²) < 4.78 is 38.8. The monoisotopic (exact) mass is 395 g/mol. The minimum atomic E-state index is -0.649. The van der Waals surface area contributed by atoms with Gasteiger partial charge in [0, 0.05) is 43.2 Å². The van der Waals surface area contributed by atoms with E-state index in [-0.39, 0.29) is 29.8 Å². The Kier molecular flexibility index (Phi) is 5.28. The van der Waals surface area contributed by atoms with Crippen LogP contribution in [-0.2, 0) is 9.47 Å². The van der Waals surface area contributed by atoms with Gasteiger partial charge in [-0.3, -0.25) is 4.90 Å². The van der Waals surface area contributed by atoms with Gasteiger partial charge in [0.05, 0.1) is 18.8 Å². The Morgan fingerprint density at radius 1 is 1.29 bits per heavy atom. The van der Waals surface area contributed by atoms with Crippen molar-refractivity contribution in [1.82, 2.24) is 9.80 Å². The van der Waals surface area contributed by atoms with Gasteiger partial charge in [-0.1, -0.05) is 0 Å². The molecule has 3 saturated heterocycles. The van der Waals surface area contributed by atoms with E-state index in [1.54, 1.807) is 4.90 Å². The maximum Gasteiger partial charge on any atom is 0.410 e. The predicted molar refractivity (Wildman–Crippen MR) is 98.6 cm³/mol. The summed E-state index contributed by atoms with van der Waals surface area (Å²) in [6.07, 6.45) is -0.398. The van der Waals surface area contributed by atoms with Gasteiger partial charge >= 0.3 is 6.09 Å². The molecule has 6 nitrogen and oxygen atoms in total. The summed E-state index contributed by atoms with van der Waals surface area (Å²) in [4.78, 5) is 16.2. The maximum absolute atomic E-state index is 14.1. The molecule has 3 aliphatic heterocycles. The van der Waals surface area contributed by atoms with Crippen LogP contribution >= 0.6 is 0 Å². The van der Waals surface area contributed by atoms with E-state index in [0.717, 1.165) is 31.3 Å². The van der Waals surface area contributed by atoms with Crippen LogP contribution in [-0.4, -0.2) is 66.4 Å². The van der Waals surface area contributed by atoms with E-state index in [1.165, 1.54) is 0 Å². The van der Waals surface area contributed by atoms with Crippen LogP contribution in [0.1, 0.15) is 31.9 Å². The maximum atomic E-state index is 14.1. The first-order chi connectivity index (χ1) is 13.3. The molecule has 1 amide bonds. The largest absolute Gasteiger partial charge is 0.447 e. The van der Waals surface area contributed by atoms with Gasteiger partial charge in [-0.2, -0.15) is 0 Å². The quantitative estimate of drug-likeness (QED) is 0.851. The molecule has 28 heavy (non-hydrogen) atoms. The summed E-state index contributed by atoms with van der Waals surface area (Å²) in [5, 5.41) is 0. The van der Waals surface area contributed by atoms with Gasteiger partial charge < -0.3 is 20.1 Å². The zero-order chi connectivity index (χ0) is 20.0. The van der Waals surface area contributed by atoms with Crippen LogP contribution in [0.5, 0.6) is 0 Å². The summed E-state index contributed by atoms with van der Waals surface area (Å²) in [6.45, 7) is 6.45. The molecule has 3 heterocycles. The molecule has 0 radical (unpaired) electrons. The second-order valence-electron chi connectivity index (χ2n) is 8.34. The van der Waals surface area contributed by atoms with Crippen molar-refractivity contribution >= 4 is 6.09 Å². The lowest BCUT2D eigenvalue weighted by Gasteiger charge is -2.42. The van der Waals surface area contributed by atoms with Gasteiger partial charge in [-0.05, 0) is 38.5 Å². The number of likely N-dealkylation sites (tertiary alicyclic amines) is 2. The summed E-state index contributed by atoms with van der Waals surface area (Å²) >= 11 is 0. The van der Waals surface area contributed by atoms with E-state index < -0.39 is 23.8 Å². The highest BCUT2D eigenvalue weighted by Crippen LogP contribution is 2.37. The molecule has 1 aromatic carbocycles. The molecular weight excluding hydrogens is 368 g/mol. The van der Waals surface area contributed by atoms with Crippen molar-refractivity contribution in [2.75, 3.05) is 26.2 Å². The third-order valence-electron chi connectivity index (χ3n) is 6.02. The Balaban J connectivity index is 1.36. The van der Waals surface area contributed by atoms with Gasteiger partial charge in [0.2, 0.25) is 0 Å². The van der Waals surface area contributed by atoms with E-state index >= 15 is 0 Å². The van der Waals surface area contributed by atoms with Crippen LogP contribution in [0.2, 0.25) is 0 Å². The van der Waals surface area contributed by atoms with Crippen LogP contribution in [0.3, 0.4) is 0 Å². The molecule has 0 aromatic heterocycles. The van der Waals surface area contributed by atoms with Crippen molar-refractivity contribution in [2.45, 2.75) is 50.6 Å². The predicted octanol–water partition coefficient (Wildman–Crippen LogP) is 2.28. The Labute approximate surface area is 163 Å². The van der Waals surface area contributed by atoms with E-state index in [0.29, 0.717) is 25.5 Å². The van der Waals surface area contributed by atoms with Crippen LogP contribution in [0, 0.1) is 17.6 Å². The molecule has 1 aromatic rings. The Morgan fingerprint density at radius 3 is 2.79 bits per heavy atom. The van der Waals surface area contributed by atoms with Crippen LogP contribution < -0.4 is 5.73 Å². The van der Waals surface area contributed by atoms with Crippen molar-refractivity contribution in [3.63, 3.8) is 0 Å². The van der Waals surface area contributed by atoms with Gasteiger partial charge in [0.1, 0.15) is 17.7 Å². The number of nitrogens with two attached hydrogens (primary N) is 1. The fraction of sp³-hybridized carbons (Fsp3) is 0.650. The first-order valence-electron chi connectivity index (χ1n) is 9.87. The number of rotatable bonds is 3. The SMILES string of the molecule is CC(C)OC(=O)N1CC2CN([C@H]3CO[C@H](c4cc(F)ccc4F)[C@@H](N)C3)CC21. The minimum absolute atomic E-state index is 0.108. The van der Waals surface area contributed by atoms with Crippen molar-refractivity contribution in [1.29, 1.82) is 0 Å². The van der Waals surface area contributed by atoms with Crippen molar-refractivity contribution in [3.8, 4) is 0 Å². The molecule has 2 N–H and O–H groups in total. The molecule has 0 bridgehead atoms. The molecule has 5 atom stereocenters. The first-order valence-corrected chi connectivity index (χ1v) is 9.87. The number of ether oxygens (including phenoxy) is 2. The molecule has 4 rings (SSSR count). The second-order valence-corrected chi connectivity index (χ2v) is 8.34. The minimum Gasteiger partial charge on any atom is -0.447 e. The highest BCUT2D eigenvalue weighted by atomic mass is 19.1. The summed E-state index contributed by atoms with van der Waals surface area (Å²) in [5.74, 6) is -0.563. The lowest BCUT2D eigenvalue weighted by Crippen LogP contribution is -2.58. The zero-order valence-corrected chi connectivity index (χ0v) is 16.2. The zero-order valence-electron chi connectivity index (χ0n) is 16.2. The van der Waals surface area contributed by atoms with Crippen molar-refractivity contribution in [2.24, 2.45) is 11.7 Å². The number of amides is 1. The van der Waals surface area contributed by atoms with Crippen molar-refractivity contribution in [3.05, 3.63) is 35.4 Å². The number of carbonyl (C=O) groups excluding carboxylic acids is 1. The fourth-order valence-corrected chi connectivity index (χ4v) is 4.60. The molecule has 8 heteroatoms. The number of fused-ring (bicyclic) bond motifs is 1. The Bertz CT molecular complexity index is 747. The molecule has 0 saturated carbocycles. The third kappa shape index (κ3) is 3.60. The van der Waals surface area contributed by atoms with E-state index in [1.807, 2.05) is 13.8 Å². The smallest absolute Gasteiger partial charge is 0.410 e. The van der Waals surface area contributed by atoms with Gasteiger partial charge in [-0.25, -0.2) is 13.6 Å². The lowest BCUT2D eigenvalue weighted by molar-refractivity contribution is -0.0475. The average molecular weight is 395 g/mol. The van der Waals surface area contributed by atoms with E-state index in [2.05, 4.69) is 4.90 Å². The highest BCUT2D eigenvalue weighted by molar-refractivity contribution is 5.69. The molecule has 154 valence electrons. The molecule has 0 spiro atoms. The van der Waals surface area contributed by atoms with Crippen LogP contribution in [0.15, 0.2) is 18.2 Å². The average Bonchev–Trinajstić information content (AvgIpc) is 2.93. The van der Waals surface area contributed by atoms with Gasteiger partial charge in [0.15, 0.2) is 0 Å². The first kappa shape index (κ1) is 19.5. The topological polar surface area (TPSA) is 68.0 Å². The van der Waals surface area contributed by atoms with E-state index in [4.69, 9.17) is 15.2 Å². The lowest BCUT2D eigenvalue weighted by atomic mass is 9.93. The standard InChI is InChI=1S/C20H27F2N3O3/c1-11(2)28-20(26)25-8-12-7-24(9-18(12)25)14-6-17(23)19(27-10-14)15-5-13(21)3-4-16(15)22/h3-5,11-12,14,17-19H,6-10,23H2,1-2H3/t12?,14-,17+,18?,19-/m1/s1. The molecule has 0 aliphatic carbocycles. The van der Waals surface area contributed by atoms with Crippen LogP contribution in [0.25, 0.3) is 0 Å². The number of hydrogen-bond donors (Lipinski definition) is 1. The molecule has 3 aliphatic rings. The normalized spacial score (nSPS) is 32.9. The highest BCUT2D eigenvalue weighted by Gasteiger charge is 2.50. The summed E-state index contributed by atoms with van der Waals surface area (Å²) in [6, 6.07) is 3.21. The third-order valence-corrected chi connectivity index (χ3v) is 6.02. The number of halogens is 2. The second kappa shape index (κ2) is 7.57. The summed E-state index contributed by atoms with van der Waals surface area (Å²) in [5.41, 5.74) is 6.45. The number of hydrogen-bond acceptors (Lipinski definition) is 5.